The van der Waals surface area contributed by atoms with E-state index >= 15 is 0 Å². The minimum Gasteiger partial charge on any atom is -0.369 e. The first kappa shape index (κ1) is 15.4. The third-order valence-corrected chi connectivity index (χ3v) is 3.50. The first-order valence-electron chi connectivity index (χ1n) is 5.54. The zero-order valence-electron chi connectivity index (χ0n) is 11.0. The van der Waals surface area contributed by atoms with Crippen molar-refractivity contribution in [1.29, 1.82) is 0 Å². The molecule has 0 radical (unpaired) electrons. The van der Waals surface area contributed by atoms with E-state index in [1.807, 2.05) is 20.8 Å². The van der Waals surface area contributed by atoms with Gasteiger partial charge in [-0.25, -0.2) is 18.4 Å². The topological polar surface area (TPSA) is 72.0 Å². The van der Waals surface area contributed by atoms with Gasteiger partial charge in [0.1, 0.15) is 26.1 Å². The molecule has 0 bridgehead atoms. The number of anilines is 1. The van der Waals surface area contributed by atoms with Crippen LogP contribution in [-0.4, -0.2) is 36.9 Å². The summed E-state index contributed by atoms with van der Waals surface area (Å²) in [4.78, 5) is 8.69. The molecule has 1 aromatic heterocycles. The molecule has 0 unspecified atom stereocenters. The van der Waals surface area contributed by atoms with Gasteiger partial charge in [-0.05, 0) is 15.9 Å². The molecule has 0 amide bonds. The molecule has 0 fully saturated rings. The second-order valence-corrected chi connectivity index (χ2v) is 8.28. The molecular formula is C11H18BrN3O2S. The van der Waals surface area contributed by atoms with Crippen LogP contribution in [0.15, 0.2) is 10.7 Å². The Morgan fingerprint density at radius 3 is 2.44 bits per heavy atom. The van der Waals surface area contributed by atoms with Crippen LogP contribution >= 0.6 is 15.9 Å². The second kappa shape index (κ2) is 5.52. The van der Waals surface area contributed by atoms with Crippen molar-refractivity contribution in [2.45, 2.75) is 26.2 Å². The summed E-state index contributed by atoms with van der Waals surface area (Å²) in [6.07, 6.45) is 1.21. The highest BCUT2D eigenvalue weighted by atomic mass is 79.9. The predicted molar refractivity (Wildman–Crippen MR) is 76.6 cm³/mol. The fraction of sp³-hybridized carbons (Fsp3) is 0.636. The highest BCUT2D eigenvalue weighted by Gasteiger charge is 2.18. The molecule has 18 heavy (non-hydrogen) atoms. The third-order valence-electron chi connectivity index (χ3n) is 2.14. The van der Waals surface area contributed by atoms with Crippen LogP contribution in [0.4, 0.5) is 5.82 Å². The summed E-state index contributed by atoms with van der Waals surface area (Å²) in [6.45, 7) is 6.41. The highest BCUT2D eigenvalue weighted by molar-refractivity contribution is 9.10. The summed E-state index contributed by atoms with van der Waals surface area (Å²) in [5.74, 6) is 1.42. The second-order valence-electron chi connectivity index (χ2n) is 5.21. The van der Waals surface area contributed by atoms with Gasteiger partial charge in [0, 0.05) is 24.3 Å². The summed E-state index contributed by atoms with van der Waals surface area (Å²) < 4.78 is 22.7. The van der Waals surface area contributed by atoms with Crippen molar-refractivity contribution in [3.8, 4) is 0 Å². The molecule has 0 aliphatic heterocycles. The Labute approximate surface area is 116 Å². The Kier molecular flexibility index (Phi) is 4.72. The lowest BCUT2D eigenvalue weighted by Crippen LogP contribution is -2.19. The largest absolute Gasteiger partial charge is 0.369 e. The molecule has 0 saturated heterocycles. The smallest absolute Gasteiger partial charge is 0.149 e. The first-order chi connectivity index (χ1) is 8.08. The van der Waals surface area contributed by atoms with Gasteiger partial charge in [-0.2, -0.15) is 0 Å². The molecule has 1 rings (SSSR count). The van der Waals surface area contributed by atoms with E-state index in [-0.39, 0.29) is 11.2 Å². The van der Waals surface area contributed by atoms with Crippen LogP contribution in [0.3, 0.4) is 0 Å². The number of aromatic nitrogens is 2. The van der Waals surface area contributed by atoms with Crippen molar-refractivity contribution in [1.82, 2.24) is 9.97 Å². The summed E-state index contributed by atoms with van der Waals surface area (Å²) in [7, 11) is -2.96. The number of nitrogens with zero attached hydrogens (tertiary/aromatic N) is 2. The van der Waals surface area contributed by atoms with E-state index < -0.39 is 9.84 Å². The summed E-state index contributed by atoms with van der Waals surface area (Å²) in [6, 6.07) is 1.73. The summed E-state index contributed by atoms with van der Waals surface area (Å²) >= 11 is 3.33. The zero-order chi connectivity index (χ0) is 14.0. The molecule has 1 heterocycles. The van der Waals surface area contributed by atoms with Crippen LogP contribution < -0.4 is 5.32 Å². The predicted octanol–water partition coefficient (Wildman–Crippen LogP) is 1.99. The van der Waals surface area contributed by atoms with E-state index in [1.165, 1.54) is 6.26 Å². The zero-order valence-corrected chi connectivity index (χ0v) is 13.4. The SMILES string of the molecule is CC(C)(C)c1nc(Br)cc(NCCS(C)(=O)=O)n1. The van der Waals surface area contributed by atoms with Crippen LogP contribution in [-0.2, 0) is 15.3 Å². The highest BCUT2D eigenvalue weighted by Crippen LogP contribution is 2.22. The maximum absolute atomic E-state index is 11.0. The van der Waals surface area contributed by atoms with Crippen molar-refractivity contribution in [3.63, 3.8) is 0 Å². The van der Waals surface area contributed by atoms with Crippen LogP contribution in [0.1, 0.15) is 26.6 Å². The first-order valence-corrected chi connectivity index (χ1v) is 8.40. The lowest BCUT2D eigenvalue weighted by molar-refractivity contribution is 0.544. The van der Waals surface area contributed by atoms with Gasteiger partial charge >= 0.3 is 0 Å². The Bertz CT molecular complexity index is 524. The molecule has 102 valence electrons. The molecule has 0 aliphatic carbocycles. The maximum Gasteiger partial charge on any atom is 0.149 e. The quantitative estimate of drug-likeness (QED) is 0.852. The van der Waals surface area contributed by atoms with Gasteiger partial charge in [0.25, 0.3) is 0 Å². The average molecular weight is 336 g/mol. The number of nitrogens with one attached hydrogen (secondary N) is 1. The number of rotatable bonds is 4. The Hall–Kier alpha value is -0.690. The van der Waals surface area contributed by atoms with Crippen LogP contribution in [0.5, 0.6) is 0 Å². The molecule has 0 saturated carbocycles. The minimum absolute atomic E-state index is 0.0828. The van der Waals surface area contributed by atoms with Gasteiger partial charge in [-0.1, -0.05) is 20.8 Å². The number of hydrogen-bond donors (Lipinski definition) is 1. The number of sulfone groups is 1. The van der Waals surface area contributed by atoms with Crippen LogP contribution in [0.2, 0.25) is 0 Å². The van der Waals surface area contributed by atoms with Crippen molar-refractivity contribution in [2.24, 2.45) is 0 Å². The number of halogens is 1. The summed E-state index contributed by atoms with van der Waals surface area (Å²) in [5.41, 5.74) is -0.156. The monoisotopic (exact) mass is 335 g/mol. The molecule has 0 aliphatic rings. The van der Waals surface area contributed by atoms with Crippen molar-refractivity contribution in [2.75, 3.05) is 23.9 Å². The molecule has 5 nitrogen and oxygen atoms in total. The Morgan fingerprint density at radius 1 is 1.33 bits per heavy atom. The van der Waals surface area contributed by atoms with Crippen LogP contribution in [0, 0.1) is 0 Å². The van der Waals surface area contributed by atoms with E-state index in [9.17, 15) is 8.42 Å². The van der Waals surface area contributed by atoms with E-state index in [1.54, 1.807) is 6.07 Å². The molecular weight excluding hydrogens is 318 g/mol. The number of hydrogen-bond acceptors (Lipinski definition) is 5. The summed E-state index contributed by atoms with van der Waals surface area (Å²) in [5, 5.41) is 2.99. The normalized spacial score (nSPS) is 12.5. The molecule has 0 aromatic carbocycles. The van der Waals surface area contributed by atoms with Gasteiger partial charge in [0.2, 0.25) is 0 Å². The molecule has 7 heteroatoms. The van der Waals surface area contributed by atoms with Crippen molar-refractivity contribution >= 4 is 31.6 Å². The fourth-order valence-electron chi connectivity index (χ4n) is 1.21. The lowest BCUT2D eigenvalue weighted by atomic mass is 9.96. The van der Waals surface area contributed by atoms with Crippen molar-refractivity contribution in [3.05, 3.63) is 16.5 Å². The van der Waals surface area contributed by atoms with E-state index in [4.69, 9.17) is 0 Å². The molecule has 0 atom stereocenters. The lowest BCUT2D eigenvalue weighted by Gasteiger charge is -2.17. The van der Waals surface area contributed by atoms with Gasteiger partial charge in [-0.3, -0.25) is 0 Å². The van der Waals surface area contributed by atoms with E-state index in [0.29, 0.717) is 22.8 Å². The van der Waals surface area contributed by atoms with Gasteiger partial charge in [0.15, 0.2) is 0 Å². The van der Waals surface area contributed by atoms with E-state index in [0.717, 1.165) is 0 Å². The van der Waals surface area contributed by atoms with Crippen LogP contribution in [0.25, 0.3) is 0 Å². The van der Waals surface area contributed by atoms with E-state index in [2.05, 4.69) is 31.2 Å². The molecule has 1 N–H and O–H groups in total. The maximum atomic E-state index is 11.0. The molecule has 0 spiro atoms. The third kappa shape index (κ3) is 5.30. The van der Waals surface area contributed by atoms with Gasteiger partial charge in [0.05, 0.1) is 5.75 Å². The average Bonchev–Trinajstić information content (AvgIpc) is 2.13. The Morgan fingerprint density at radius 2 is 1.94 bits per heavy atom. The standard InChI is InChI=1S/C11H18BrN3O2S/c1-11(2,3)10-14-8(12)7-9(15-10)13-5-6-18(4,16)17/h7H,5-6H2,1-4H3,(H,13,14,15). The minimum atomic E-state index is -2.96. The molecule has 1 aromatic rings. The van der Waals surface area contributed by atoms with Gasteiger partial charge in [-0.15, -0.1) is 0 Å². The fourth-order valence-corrected chi connectivity index (χ4v) is 2.07. The van der Waals surface area contributed by atoms with Gasteiger partial charge < -0.3 is 5.32 Å². The van der Waals surface area contributed by atoms with Crippen molar-refractivity contribution < 1.29 is 8.42 Å². The Balaban J connectivity index is 2.81.